The lowest BCUT2D eigenvalue weighted by Gasteiger charge is -2.38. The largest absolute Gasteiger partial charge is 0.369 e. The Bertz CT molecular complexity index is 642. The molecule has 2 aliphatic heterocycles. The smallest absolute Gasteiger partial charge is 0.231 e. The Kier molecular flexibility index (Phi) is 5.96. The Labute approximate surface area is 155 Å². The number of carbonyl (C=O) groups excluding carboxylic acids is 2. The van der Waals surface area contributed by atoms with Crippen molar-refractivity contribution in [3.63, 3.8) is 0 Å². The molecule has 26 heavy (non-hydrogen) atoms. The zero-order valence-electron chi connectivity index (χ0n) is 15.9. The van der Waals surface area contributed by atoms with E-state index < -0.39 is 0 Å². The number of primary amides is 1. The topological polar surface area (TPSA) is 84.5 Å². The van der Waals surface area contributed by atoms with Crippen LogP contribution in [-0.2, 0) is 9.59 Å². The number of imidazole rings is 1. The van der Waals surface area contributed by atoms with Crippen LogP contribution in [0.5, 0.6) is 0 Å². The van der Waals surface area contributed by atoms with Gasteiger partial charge in [0.1, 0.15) is 5.82 Å². The van der Waals surface area contributed by atoms with Crippen LogP contribution in [-0.4, -0.2) is 63.9 Å². The number of nitrogens with zero attached hydrogens (tertiary/aromatic N) is 4. The highest BCUT2D eigenvalue weighted by molar-refractivity contribution is 5.80. The molecular formula is C19H31N5O2. The molecule has 2 amide bonds. The summed E-state index contributed by atoms with van der Waals surface area (Å²) in [7, 11) is 0. The maximum absolute atomic E-state index is 13.1. The minimum absolute atomic E-state index is 0.0216. The zero-order chi connectivity index (χ0) is 18.7. The third kappa shape index (κ3) is 4.26. The Morgan fingerprint density at radius 1 is 1.23 bits per heavy atom. The van der Waals surface area contributed by atoms with Gasteiger partial charge in [0.15, 0.2) is 0 Å². The van der Waals surface area contributed by atoms with Gasteiger partial charge < -0.3 is 15.2 Å². The van der Waals surface area contributed by atoms with Gasteiger partial charge in [-0.2, -0.15) is 0 Å². The first-order valence-electron chi connectivity index (χ1n) is 9.78. The van der Waals surface area contributed by atoms with E-state index in [1.807, 2.05) is 22.2 Å². The Morgan fingerprint density at radius 2 is 2.00 bits per heavy atom. The summed E-state index contributed by atoms with van der Waals surface area (Å²) in [5.41, 5.74) is 5.31. The van der Waals surface area contributed by atoms with E-state index in [-0.39, 0.29) is 24.3 Å². The normalized spacial score (nSPS) is 24.8. The van der Waals surface area contributed by atoms with Gasteiger partial charge in [-0.3, -0.25) is 14.5 Å². The Balaban J connectivity index is 1.64. The highest BCUT2D eigenvalue weighted by atomic mass is 16.2. The van der Waals surface area contributed by atoms with Crippen LogP contribution in [0.1, 0.15) is 57.3 Å². The predicted molar refractivity (Wildman–Crippen MR) is 99.5 cm³/mol. The van der Waals surface area contributed by atoms with Gasteiger partial charge in [-0.05, 0) is 46.1 Å². The summed E-state index contributed by atoms with van der Waals surface area (Å²) >= 11 is 0. The van der Waals surface area contributed by atoms with Crippen LogP contribution < -0.4 is 5.73 Å². The number of carbonyl (C=O) groups is 2. The number of aromatic nitrogens is 2. The molecule has 7 nitrogen and oxygen atoms in total. The lowest BCUT2D eigenvalue weighted by Crippen LogP contribution is -2.49. The molecule has 7 heteroatoms. The quantitative estimate of drug-likeness (QED) is 0.858. The van der Waals surface area contributed by atoms with Crippen molar-refractivity contribution < 1.29 is 9.59 Å². The molecule has 0 aromatic carbocycles. The molecule has 2 aliphatic rings. The summed E-state index contributed by atoms with van der Waals surface area (Å²) in [6, 6.07) is 0.374. The molecule has 0 saturated carbocycles. The molecule has 2 N–H and O–H groups in total. The van der Waals surface area contributed by atoms with Crippen molar-refractivity contribution in [3.8, 4) is 0 Å². The molecule has 1 aromatic rings. The number of hydrogen-bond donors (Lipinski definition) is 1. The second-order valence-corrected chi connectivity index (χ2v) is 7.95. The predicted octanol–water partition coefficient (Wildman–Crippen LogP) is 1.37. The van der Waals surface area contributed by atoms with Gasteiger partial charge in [0.25, 0.3) is 0 Å². The first-order chi connectivity index (χ1) is 12.5. The fourth-order valence-electron chi connectivity index (χ4n) is 4.34. The monoisotopic (exact) mass is 361 g/mol. The molecule has 2 unspecified atom stereocenters. The first kappa shape index (κ1) is 18.9. The molecular weight excluding hydrogens is 330 g/mol. The van der Waals surface area contributed by atoms with E-state index in [2.05, 4.69) is 23.4 Å². The SMILES string of the molecule is CC(C)n1ccnc1C1CCCN(C(=O)C2CCCN(CC(N)=O)C2)C1. The molecule has 2 fully saturated rings. The summed E-state index contributed by atoms with van der Waals surface area (Å²) in [5.74, 6) is 1.28. The second-order valence-electron chi connectivity index (χ2n) is 7.95. The molecule has 144 valence electrons. The maximum Gasteiger partial charge on any atom is 0.231 e. The second kappa shape index (κ2) is 8.20. The van der Waals surface area contributed by atoms with Gasteiger partial charge in [0, 0.05) is 44.0 Å². The maximum atomic E-state index is 13.1. The van der Waals surface area contributed by atoms with Crippen molar-refractivity contribution in [2.24, 2.45) is 11.7 Å². The lowest BCUT2D eigenvalue weighted by atomic mass is 9.92. The minimum atomic E-state index is -0.323. The van der Waals surface area contributed by atoms with E-state index in [9.17, 15) is 9.59 Å². The lowest BCUT2D eigenvalue weighted by molar-refractivity contribution is -0.139. The summed E-state index contributed by atoms with van der Waals surface area (Å²) in [4.78, 5) is 32.9. The van der Waals surface area contributed by atoms with Gasteiger partial charge in [-0.15, -0.1) is 0 Å². The third-order valence-corrected chi connectivity index (χ3v) is 5.59. The average molecular weight is 361 g/mol. The standard InChI is InChI=1S/C19H31N5O2/c1-14(2)24-10-7-21-18(24)15-5-4-9-23(12-15)19(26)16-6-3-8-22(11-16)13-17(20)25/h7,10,14-16H,3-6,8-9,11-13H2,1-2H3,(H2,20,25). The van der Waals surface area contributed by atoms with Crippen molar-refractivity contribution >= 4 is 11.8 Å². The van der Waals surface area contributed by atoms with Crippen molar-refractivity contribution in [2.45, 2.75) is 51.5 Å². The van der Waals surface area contributed by atoms with E-state index in [0.717, 1.165) is 51.1 Å². The Hall–Kier alpha value is -1.89. The molecule has 2 atom stereocenters. The summed E-state index contributed by atoms with van der Waals surface area (Å²) in [6.07, 6.45) is 7.82. The number of nitrogens with two attached hydrogens (primary N) is 1. The summed E-state index contributed by atoms with van der Waals surface area (Å²) in [5, 5.41) is 0. The average Bonchev–Trinajstić information content (AvgIpc) is 3.11. The fraction of sp³-hybridized carbons (Fsp3) is 0.737. The van der Waals surface area contributed by atoms with E-state index in [1.54, 1.807) is 0 Å². The van der Waals surface area contributed by atoms with Crippen LogP contribution in [0, 0.1) is 5.92 Å². The van der Waals surface area contributed by atoms with Crippen molar-refractivity contribution in [1.82, 2.24) is 19.4 Å². The third-order valence-electron chi connectivity index (χ3n) is 5.59. The van der Waals surface area contributed by atoms with Crippen LogP contribution in [0.25, 0.3) is 0 Å². The molecule has 0 aliphatic carbocycles. The highest BCUT2D eigenvalue weighted by Crippen LogP contribution is 2.29. The number of rotatable bonds is 5. The van der Waals surface area contributed by atoms with E-state index in [0.29, 0.717) is 18.5 Å². The van der Waals surface area contributed by atoms with Crippen LogP contribution >= 0.6 is 0 Å². The number of likely N-dealkylation sites (tertiary alicyclic amines) is 2. The molecule has 0 bridgehead atoms. The fourth-order valence-corrected chi connectivity index (χ4v) is 4.34. The van der Waals surface area contributed by atoms with Crippen LogP contribution in [0.2, 0.25) is 0 Å². The number of amides is 2. The zero-order valence-corrected chi connectivity index (χ0v) is 15.9. The van der Waals surface area contributed by atoms with Crippen molar-refractivity contribution in [2.75, 3.05) is 32.7 Å². The van der Waals surface area contributed by atoms with Crippen LogP contribution in [0.4, 0.5) is 0 Å². The van der Waals surface area contributed by atoms with E-state index in [4.69, 9.17) is 5.73 Å². The number of hydrogen-bond acceptors (Lipinski definition) is 4. The minimum Gasteiger partial charge on any atom is -0.369 e. The van der Waals surface area contributed by atoms with Crippen molar-refractivity contribution in [1.29, 1.82) is 0 Å². The molecule has 3 rings (SSSR count). The van der Waals surface area contributed by atoms with Crippen molar-refractivity contribution in [3.05, 3.63) is 18.2 Å². The van der Waals surface area contributed by atoms with E-state index in [1.165, 1.54) is 0 Å². The molecule has 2 saturated heterocycles. The van der Waals surface area contributed by atoms with Gasteiger partial charge >= 0.3 is 0 Å². The Morgan fingerprint density at radius 3 is 2.73 bits per heavy atom. The van der Waals surface area contributed by atoms with Crippen LogP contribution in [0.15, 0.2) is 12.4 Å². The summed E-state index contributed by atoms with van der Waals surface area (Å²) in [6.45, 7) is 7.63. The molecule has 3 heterocycles. The van der Waals surface area contributed by atoms with Gasteiger partial charge in [0.05, 0.1) is 12.5 Å². The molecule has 0 radical (unpaired) electrons. The molecule has 0 spiro atoms. The van der Waals surface area contributed by atoms with Gasteiger partial charge in [-0.25, -0.2) is 4.98 Å². The number of piperidine rings is 2. The highest BCUT2D eigenvalue weighted by Gasteiger charge is 2.33. The summed E-state index contributed by atoms with van der Waals surface area (Å²) < 4.78 is 2.22. The van der Waals surface area contributed by atoms with Gasteiger partial charge in [-0.1, -0.05) is 0 Å². The van der Waals surface area contributed by atoms with Crippen LogP contribution in [0.3, 0.4) is 0 Å². The van der Waals surface area contributed by atoms with Gasteiger partial charge in [0.2, 0.25) is 11.8 Å². The first-order valence-corrected chi connectivity index (χ1v) is 9.78. The molecule has 1 aromatic heterocycles. The van der Waals surface area contributed by atoms with E-state index >= 15 is 0 Å².